The molecule has 0 amide bonds. The molecule has 0 saturated heterocycles. The van der Waals surface area contributed by atoms with Crippen LogP contribution in [0.15, 0.2) is 89.4 Å². The van der Waals surface area contributed by atoms with Crippen molar-refractivity contribution in [3.8, 4) is 62.3 Å². The maximum Gasteiger partial charge on any atom is 0.450 e. The fraction of sp³-hybridized carbons (Fsp3) is 0.129. The average molecular weight is 543 g/mol. The fourth-order valence-corrected chi connectivity index (χ4v) is 4.82. The molecular weight excluding hydrogens is 523 g/mol. The molecule has 6 aromatic rings. The summed E-state index contributed by atoms with van der Waals surface area (Å²) in [6.07, 6.45) is -0.834. The Morgan fingerprint density at radius 2 is 1.52 bits per heavy atom. The molecule has 6 rings (SSSR count). The molecule has 0 radical (unpaired) electrons. The van der Waals surface area contributed by atoms with Crippen molar-refractivity contribution in [2.24, 2.45) is 0 Å². The highest BCUT2D eigenvalue weighted by molar-refractivity contribution is 5.97. The van der Waals surface area contributed by atoms with Gasteiger partial charge in [0.2, 0.25) is 11.5 Å². The SMILES string of the molecule is Cc1cc(-c2c(-c3cc(-c4ccccc4)oc3C#N)coc2-c2c(C(F)(F)F)oc(C)c2-c2ccoc2)oc1C. The zero-order valence-corrected chi connectivity index (χ0v) is 21.5. The van der Waals surface area contributed by atoms with Gasteiger partial charge in [0.05, 0.1) is 29.9 Å². The highest BCUT2D eigenvalue weighted by Crippen LogP contribution is 2.52. The van der Waals surface area contributed by atoms with Gasteiger partial charge in [-0.3, -0.25) is 0 Å². The quantitative estimate of drug-likeness (QED) is 0.215. The first-order chi connectivity index (χ1) is 19.2. The normalized spacial score (nSPS) is 11.7. The first-order valence-electron chi connectivity index (χ1n) is 12.2. The van der Waals surface area contributed by atoms with Crippen LogP contribution in [0.2, 0.25) is 0 Å². The van der Waals surface area contributed by atoms with Crippen molar-refractivity contribution >= 4 is 0 Å². The molecule has 0 aliphatic heterocycles. The summed E-state index contributed by atoms with van der Waals surface area (Å²) in [5.41, 5.74) is 2.67. The number of hydrogen-bond acceptors (Lipinski definition) is 6. The molecule has 0 N–H and O–H groups in total. The van der Waals surface area contributed by atoms with E-state index in [0.29, 0.717) is 28.2 Å². The van der Waals surface area contributed by atoms with Gasteiger partial charge in [0.25, 0.3) is 0 Å². The number of nitriles is 1. The van der Waals surface area contributed by atoms with Gasteiger partial charge in [-0.25, -0.2) is 0 Å². The molecule has 5 heterocycles. The van der Waals surface area contributed by atoms with Crippen LogP contribution in [0.4, 0.5) is 13.2 Å². The third-order valence-electron chi connectivity index (χ3n) is 6.76. The number of halogens is 3. The van der Waals surface area contributed by atoms with Gasteiger partial charge in [0.15, 0.2) is 0 Å². The first kappa shape index (κ1) is 25.2. The van der Waals surface area contributed by atoms with E-state index < -0.39 is 11.9 Å². The van der Waals surface area contributed by atoms with Crippen molar-refractivity contribution in [3.63, 3.8) is 0 Å². The van der Waals surface area contributed by atoms with E-state index >= 15 is 0 Å². The van der Waals surface area contributed by atoms with Crippen LogP contribution in [0.3, 0.4) is 0 Å². The Kier molecular flexibility index (Phi) is 5.84. The fourth-order valence-electron chi connectivity index (χ4n) is 4.82. The minimum atomic E-state index is -4.84. The Labute approximate surface area is 225 Å². The van der Waals surface area contributed by atoms with Crippen LogP contribution in [0.25, 0.3) is 56.2 Å². The molecule has 0 spiro atoms. The lowest BCUT2D eigenvalue weighted by Gasteiger charge is -2.08. The van der Waals surface area contributed by atoms with Crippen LogP contribution >= 0.6 is 0 Å². The maximum atomic E-state index is 14.4. The lowest BCUT2D eigenvalue weighted by molar-refractivity contribution is -0.152. The summed E-state index contributed by atoms with van der Waals surface area (Å²) in [6, 6.07) is 16.1. The molecule has 0 aliphatic rings. The molecule has 6 nitrogen and oxygen atoms in total. The number of alkyl halides is 3. The number of hydrogen-bond donors (Lipinski definition) is 0. The van der Waals surface area contributed by atoms with Crippen LogP contribution < -0.4 is 0 Å². The summed E-state index contributed by atoms with van der Waals surface area (Å²) in [5.74, 6) is -0.0717. The van der Waals surface area contributed by atoms with E-state index in [2.05, 4.69) is 6.07 Å². The molecule has 0 atom stereocenters. The molecule has 200 valence electrons. The molecule has 0 saturated carbocycles. The van der Waals surface area contributed by atoms with E-state index in [9.17, 15) is 18.4 Å². The maximum absolute atomic E-state index is 14.4. The Bertz CT molecular complexity index is 1850. The second kappa shape index (κ2) is 9.27. The molecule has 0 bridgehead atoms. The van der Waals surface area contributed by atoms with E-state index in [4.69, 9.17) is 22.1 Å². The highest BCUT2D eigenvalue weighted by Gasteiger charge is 2.43. The van der Waals surface area contributed by atoms with Crippen LogP contribution in [0, 0.1) is 32.1 Å². The van der Waals surface area contributed by atoms with Gasteiger partial charge in [-0.1, -0.05) is 30.3 Å². The van der Waals surface area contributed by atoms with Crippen molar-refractivity contribution in [2.75, 3.05) is 0 Å². The minimum Gasteiger partial charge on any atom is -0.472 e. The topological polar surface area (TPSA) is 89.5 Å². The molecular formula is C31H20F3NO5. The predicted octanol–water partition coefficient (Wildman–Crippen LogP) is 9.80. The third kappa shape index (κ3) is 4.05. The van der Waals surface area contributed by atoms with E-state index in [1.165, 1.54) is 25.7 Å². The Morgan fingerprint density at radius 1 is 0.750 bits per heavy atom. The third-order valence-corrected chi connectivity index (χ3v) is 6.76. The van der Waals surface area contributed by atoms with Crippen molar-refractivity contribution in [2.45, 2.75) is 26.9 Å². The second-order valence-corrected chi connectivity index (χ2v) is 9.28. The van der Waals surface area contributed by atoms with Crippen molar-refractivity contribution < 1.29 is 35.3 Å². The summed E-state index contributed by atoms with van der Waals surface area (Å²) in [7, 11) is 0. The van der Waals surface area contributed by atoms with Crippen molar-refractivity contribution in [1.82, 2.24) is 0 Å². The molecule has 0 aliphatic carbocycles. The standard InChI is InChI=1S/C31H20F3NO5/c1-16-11-24(38-17(16)2)27-22(21-12-23(40-25(21)13-35)19-7-5-4-6-8-19)15-37-29(27)28-26(20-9-10-36-14-20)18(3)39-30(28)31(32,33)34/h4-12,14-15H,1-3H3. The molecule has 40 heavy (non-hydrogen) atoms. The van der Waals surface area contributed by atoms with Gasteiger partial charge in [-0.15, -0.1) is 0 Å². The molecule has 0 fully saturated rings. The van der Waals surface area contributed by atoms with Gasteiger partial charge < -0.3 is 22.1 Å². The zero-order valence-electron chi connectivity index (χ0n) is 21.5. The Morgan fingerprint density at radius 3 is 2.15 bits per heavy atom. The monoisotopic (exact) mass is 543 g/mol. The number of nitrogens with zero attached hydrogens (tertiary/aromatic N) is 1. The van der Waals surface area contributed by atoms with E-state index in [-0.39, 0.29) is 39.7 Å². The number of benzene rings is 1. The highest BCUT2D eigenvalue weighted by atomic mass is 19.4. The summed E-state index contributed by atoms with van der Waals surface area (Å²) in [5, 5.41) is 9.92. The van der Waals surface area contributed by atoms with Crippen LogP contribution in [0.5, 0.6) is 0 Å². The number of furan rings is 5. The summed E-state index contributed by atoms with van der Waals surface area (Å²) in [6.45, 7) is 5.03. The van der Waals surface area contributed by atoms with E-state index in [1.54, 1.807) is 25.1 Å². The van der Waals surface area contributed by atoms with Gasteiger partial charge in [-0.2, -0.15) is 18.4 Å². The first-order valence-corrected chi connectivity index (χ1v) is 12.2. The van der Waals surface area contributed by atoms with Crippen molar-refractivity contribution in [3.05, 3.63) is 95.9 Å². The molecule has 5 aromatic heterocycles. The Hall–Kier alpha value is -5.10. The molecule has 9 heteroatoms. The van der Waals surface area contributed by atoms with Gasteiger partial charge >= 0.3 is 6.18 Å². The molecule has 1 aromatic carbocycles. The zero-order chi connectivity index (χ0) is 28.2. The van der Waals surface area contributed by atoms with Gasteiger partial charge in [0.1, 0.15) is 34.9 Å². The summed E-state index contributed by atoms with van der Waals surface area (Å²) < 4.78 is 71.4. The minimum absolute atomic E-state index is 0.0260. The smallest absolute Gasteiger partial charge is 0.450 e. The number of rotatable bonds is 5. The van der Waals surface area contributed by atoms with E-state index in [0.717, 1.165) is 11.1 Å². The van der Waals surface area contributed by atoms with Crippen LogP contribution in [-0.2, 0) is 6.18 Å². The lowest BCUT2D eigenvalue weighted by Crippen LogP contribution is -2.05. The number of aryl methyl sites for hydroxylation is 3. The van der Waals surface area contributed by atoms with Crippen LogP contribution in [-0.4, -0.2) is 0 Å². The second-order valence-electron chi connectivity index (χ2n) is 9.28. The Balaban J connectivity index is 1.68. The van der Waals surface area contributed by atoms with Gasteiger partial charge in [0, 0.05) is 27.8 Å². The summed E-state index contributed by atoms with van der Waals surface area (Å²) in [4.78, 5) is 0. The van der Waals surface area contributed by atoms with Gasteiger partial charge in [-0.05, 0) is 44.5 Å². The largest absolute Gasteiger partial charge is 0.472 e. The average Bonchev–Trinajstić information content (AvgIpc) is 3.74. The van der Waals surface area contributed by atoms with E-state index in [1.807, 2.05) is 37.3 Å². The van der Waals surface area contributed by atoms with Crippen LogP contribution in [0.1, 0.15) is 28.6 Å². The molecule has 0 unspecified atom stereocenters. The lowest BCUT2D eigenvalue weighted by atomic mass is 9.94. The summed E-state index contributed by atoms with van der Waals surface area (Å²) >= 11 is 0. The van der Waals surface area contributed by atoms with Crippen molar-refractivity contribution in [1.29, 1.82) is 5.26 Å². The predicted molar refractivity (Wildman–Crippen MR) is 139 cm³/mol.